The molecule has 3 aliphatic rings. The molecule has 0 aromatic rings. The van der Waals surface area contributed by atoms with Crippen molar-refractivity contribution >= 4 is 59.7 Å². The molecule has 0 spiro atoms. The summed E-state index contributed by atoms with van der Waals surface area (Å²) in [4.78, 5) is 96.1. The number of nitrogens with zero attached hydrogens (tertiary/aromatic N) is 3. The number of nitrogens with two attached hydrogens (primary N) is 1. The first-order valence-electron chi connectivity index (χ1n) is 13.0. The molecule has 0 aliphatic carbocycles. The Bertz CT molecular complexity index is 1160. The van der Waals surface area contributed by atoms with Crippen LogP contribution in [-0.4, -0.2) is 95.5 Å². The number of nitrogens with one attached hydrogen (secondary N) is 1. The third-order valence-corrected chi connectivity index (χ3v) is 4.98. The Morgan fingerprint density at radius 1 is 0.907 bits per heavy atom. The van der Waals surface area contributed by atoms with Crippen LogP contribution in [0.3, 0.4) is 0 Å². The van der Waals surface area contributed by atoms with Gasteiger partial charge in [-0.05, 0) is 0 Å². The Balaban J connectivity index is 0. The van der Waals surface area contributed by atoms with E-state index in [1.807, 2.05) is 0 Å². The van der Waals surface area contributed by atoms with E-state index in [0.29, 0.717) is 31.0 Å². The van der Waals surface area contributed by atoms with Crippen molar-refractivity contribution in [2.75, 3.05) is 33.3 Å². The van der Waals surface area contributed by atoms with Crippen LogP contribution in [0.15, 0.2) is 24.3 Å². The Morgan fingerprint density at radius 2 is 1.33 bits per heavy atom. The predicted molar refractivity (Wildman–Crippen MR) is 151 cm³/mol. The highest BCUT2D eigenvalue weighted by Crippen LogP contribution is 2.13. The second-order valence-corrected chi connectivity index (χ2v) is 7.91. The normalized spacial score (nSPS) is 14.7. The molecule has 1 fully saturated rings. The molecule has 3 rings (SSSR count). The van der Waals surface area contributed by atoms with Crippen LogP contribution in [0, 0.1) is 24.7 Å². The standard InChI is InChI=1S/C11H10N2O6.C11H12N2O3.C4H7N.CH3F.ClH/c14-7-1-2-8(15)12(7)6-5-11(18)19-13-9(16)3-4-10(13)17;1-2-3-7-12-9(14)6-8-13-10(15)4-5-11(13)16;1-2-3-4-5;1-2;/h1-2H,3-6H2;1,4-5H,3,6-8H2,(H,12,14);1H,3-5H2;1H3;1H/i;;;1D;. The molecule has 0 bridgehead atoms. The van der Waals surface area contributed by atoms with E-state index >= 15 is 0 Å². The predicted octanol–water partition coefficient (Wildman–Crippen LogP) is -0.674. The fourth-order valence-electron chi connectivity index (χ4n) is 2.97. The highest BCUT2D eigenvalue weighted by molar-refractivity contribution is 6.13. The Kier molecular flexibility index (Phi) is 20.2. The maximum Gasteiger partial charge on any atom is 0.335 e. The summed E-state index contributed by atoms with van der Waals surface area (Å²) in [5.41, 5.74) is 5.00. The molecule has 43 heavy (non-hydrogen) atoms. The van der Waals surface area contributed by atoms with E-state index in [1.165, 1.54) is 12.2 Å². The maximum absolute atomic E-state index is 11.4. The van der Waals surface area contributed by atoms with Crippen molar-refractivity contribution < 1.29 is 49.0 Å². The summed E-state index contributed by atoms with van der Waals surface area (Å²) in [6.07, 6.45) is 15.4. The van der Waals surface area contributed by atoms with Gasteiger partial charge in [0.15, 0.2) is 0 Å². The molecule has 0 atom stereocenters. The van der Waals surface area contributed by atoms with Crippen molar-refractivity contribution in [1.29, 1.82) is 0 Å². The summed E-state index contributed by atoms with van der Waals surface area (Å²) in [5.74, 6) is 0.798. The molecule has 0 unspecified atom stereocenters. The number of hydrogen-bond donors (Lipinski definition) is 2. The van der Waals surface area contributed by atoms with Crippen LogP contribution in [0.4, 0.5) is 4.39 Å². The smallest absolute Gasteiger partial charge is 0.335 e. The van der Waals surface area contributed by atoms with Crippen LogP contribution in [-0.2, 0) is 43.2 Å². The van der Waals surface area contributed by atoms with Gasteiger partial charge in [-0.1, -0.05) is 0 Å². The van der Waals surface area contributed by atoms with Crippen molar-refractivity contribution in [1.82, 2.24) is 20.2 Å². The summed E-state index contributed by atoms with van der Waals surface area (Å²) >= 11 is 0. The van der Waals surface area contributed by atoms with Gasteiger partial charge in [-0.3, -0.25) is 47.8 Å². The summed E-state index contributed by atoms with van der Waals surface area (Å²) in [6, 6.07) is 0. The molecule has 3 heterocycles. The lowest BCUT2D eigenvalue weighted by Crippen LogP contribution is -2.35. The molecule has 0 aromatic heterocycles. The molecule has 0 aromatic carbocycles. The lowest BCUT2D eigenvalue weighted by Gasteiger charge is -2.15. The summed E-state index contributed by atoms with van der Waals surface area (Å²) in [5, 5.41) is 3.01. The molecule has 3 N–H and O–H groups in total. The van der Waals surface area contributed by atoms with Gasteiger partial charge in [0.05, 0.1) is 14.9 Å². The van der Waals surface area contributed by atoms with Crippen LogP contribution >= 0.6 is 12.4 Å². The number of halogens is 2. The molecule has 7 amide bonds. The van der Waals surface area contributed by atoms with Crippen LogP contribution < -0.4 is 11.1 Å². The lowest BCUT2D eigenvalue weighted by molar-refractivity contribution is -0.197. The van der Waals surface area contributed by atoms with Crippen LogP contribution in [0.2, 0.25) is 0 Å². The van der Waals surface area contributed by atoms with Crippen molar-refractivity contribution in [3.8, 4) is 24.7 Å². The molecule has 0 saturated carbocycles. The zero-order valence-electron chi connectivity index (χ0n) is 24.1. The molecule has 14 nitrogen and oxygen atoms in total. The van der Waals surface area contributed by atoms with Gasteiger partial charge >= 0.3 is 5.97 Å². The van der Waals surface area contributed by atoms with E-state index in [4.69, 9.17) is 20.0 Å². The summed E-state index contributed by atoms with van der Waals surface area (Å²) in [6.45, 7) is 0.970. The van der Waals surface area contributed by atoms with Gasteiger partial charge in [0.1, 0.15) is 0 Å². The molecular formula is C27H33ClFN5O9. The van der Waals surface area contributed by atoms with E-state index in [0.717, 1.165) is 22.0 Å². The van der Waals surface area contributed by atoms with E-state index in [2.05, 4.69) is 22.0 Å². The van der Waals surface area contributed by atoms with E-state index < -0.39 is 36.8 Å². The monoisotopic (exact) mass is 626 g/mol. The van der Waals surface area contributed by atoms with Gasteiger partial charge in [0.25, 0.3) is 35.4 Å². The highest BCUT2D eigenvalue weighted by Gasteiger charge is 2.33. The largest absolute Gasteiger partial charge is 0.355 e. The first-order chi connectivity index (χ1) is 20.5. The number of hydroxylamine groups is 2. The van der Waals surface area contributed by atoms with Gasteiger partial charge in [0, 0.05) is 82.6 Å². The maximum atomic E-state index is 11.4. The Morgan fingerprint density at radius 3 is 1.70 bits per heavy atom. The lowest BCUT2D eigenvalue weighted by atomic mass is 10.3. The number of hydrogen-bond acceptors (Lipinski definition) is 10. The van der Waals surface area contributed by atoms with Gasteiger partial charge in [-0.15, -0.1) is 42.2 Å². The Hall–Kier alpha value is -4.86. The molecule has 3 aliphatic heterocycles. The number of carbonyl (C=O) groups excluding carboxylic acids is 8. The average molecular weight is 627 g/mol. The third kappa shape index (κ3) is 15.1. The van der Waals surface area contributed by atoms with Gasteiger partial charge in [-0.25, -0.2) is 4.79 Å². The second kappa shape index (κ2) is 22.8. The summed E-state index contributed by atoms with van der Waals surface area (Å²) in [7, 11) is -1.00. The van der Waals surface area contributed by atoms with Gasteiger partial charge in [0.2, 0.25) is 5.91 Å². The first kappa shape index (κ1) is 38.1. The zero-order chi connectivity index (χ0) is 32.8. The molecule has 234 valence electrons. The number of rotatable bonds is 10. The van der Waals surface area contributed by atoms with Crippen molar-refractivity contribution in [2.24, 2.45) is 5.73 Å². The van der Waals surface area contributed by atoms with Crippen molar-refractivity contribution in [2.45, 2.75) is 38.5 Å². The minimum atomic E-state index is -1.00. The van der Waals surface area contributed by atoms with E-state index in [1.54, 1.807) is 0 Å². The quantitative estimate of drug-likeness (QED) is 0.178. The SMILES string of the molecule is C#CCCN.C#CCCNC(=O)CCN1C(=O)C=CC1=O.Cl.O=C(CCN1C(=O)C=CC1=O)ON1C(=O)CCC1=O.[2H]CF. The number of terminal acetylenes is 2. The molecular weight excluding hydrogens is 593 g/mol. The molecule has 16 heteroatoms. The van der Waals surface area contributed by atoms with Crippen molar-refractivity contribution in [3.05, 3.63) is 24.3 Å². The Labute approximate surface area is 255 Å². The fourth-order valence-corrected chi connectivity index (χ4v) is 2.97. The van der Waals surface area contributed by atoms with Gasteiger partial charge in [-0.2, -0.15) is 0 Å². The van der Waals surface area contributed by atoms with Crippen LogP contribution in [0.1, 0.15) is 39.9 Å². The van der Waals surface area contributed by atoms with Gasteiger partial charge < -0.3 is 15.9 Å². The third-order valence-electron chi connectivity index (χ3n) is 4.98. The number of alkyl halides is 1. The van der Waals surface area contributed by atoms with Crippen LogP contribution in [0.25, 0.3) is 0 Å². The topological polar surface area (TPSA) is 194 Å². The minimum Gasteiger partial charge on any atom is -0.355 e. The summed E-state index contributed by atoms with van der Waals surface area (Å²) < 4.78 is 15.5. The fraction of sp³-hybridized carbons (Fsp3) is 0.407. The highest BCUT2D eigenvalue weighted by atomic mass is 35.5. The number of imide groups is 3. The van der Waals surface area contributed by atoms with Crippen LogP contribution in [0.5, 0.6) is 0 Å². The van der Waals surface area contributed by atoms with E-state index in [-0.39, 0.29) is 68.9 Å². The second-order valence-electron chi connectivity index (χ2n) is 7.91. The van der Waals surface area contributed by atoms with E-state index in [9.17, 15) is 42.7 Å². The number of amides is 7. The average Bonchev–Trinajstić information content (AvgIpc) is 3.58. The number of carbonyl (C=O) groups is 8. The minimum absolute atomic E-state index is 0. The molecule has 0 radical (unpaired) electrons. The van der Waals surface area contributed by atoms with Crippen molar-refractivity contribution in [3.63, 3.8) is 0 Å². The molecule has 1 saturated heterocycles. The first-order valence-corrected chi connectivity index (χ1v) is 12.3. The zero-order valence-corrected chi connectivity index (χ0v) is 23.9.